The third-order valence-electron chi connectivity index (χ3n) is 5.78. The second-order valence-electron chi connectivity index (χ2n) is 8.07. The van der Waals surface area contributed by atoms with Crippen molar-refractivity contribution in [2.24, 2.45) is 0 Å². The lowest BCUT2D eigenvalue weighted by atomic mass is 10.1. The summed E-state index contributed by atoms with van der Waals surface area (Å²) in [4.78, 5) is 51.7. The Bertz CT molecular complexity index is 1110. The van der Waals surface area contributed by atoms with E-state index >= 15 is 0 Å². The summed E-state index contributed by atoms with van der Waals surface area (Å²) in [5, 5.41) is 15.1. The number of urea groups is 1. The predicted molar refractivity (Wildman–Crippen MR) is 128 cm³/mol. The fourth-order valence-corrected chi connectivity index (χ4v) is 5.04. The van der Waals surface area contributed by atoms with Gasteiger partial charge in [0.1, 0.15) is 5.25 Å². The molecule has 34 heavy (non-hydrogen) atoms. The maximum absolute atomic E-state index is 13.2. The van der Waals surface area contributed by atoms with Crippen molar-refractivity contribution in [3.05, 3.63) is 87.3 Å². The van der Waals surface area contributed by atoms with Crippen LogP contribution >= 0.6 is 11.8 Å². The number of imide groups is 1. The van der Waals surface area contributed by atoms with Crippen molar-refractivity contribution in [3.63, 3.8) is 0 Å². The van der Waals surface area contributed by atoms with E-state index in [1.807, 2.05) is 41.8 Å². The van der Waals surface area contributed by atoms with Gasteiger partial charge in [0.15, 0.2) is 0 Å². The molecule has 1 fully saturated rings. The number of hydrogen-bond acceptors (Lipinski definition) is 6. The summed E-state index contributed by atoms with van der Waals surface area (Å²) in [7, 11) is 0. The van der Waals surface area contributed by atoms with E-state index in [2.05, 4.69) is 5.32 Å². The summed E-state index contributed by atoms with van der Waals surface area (Å²) in [5.41, 5.74) is 1.71. The number of carbonyl (C=O) groups excluding carboxylic acids is 3. The first kappa shape index (κ1) is 23.5. The van der Waals surface area contributed by atoms with Crippen molar-refractivity contribution in [1.82, 2.24) is 15.1 Å². The van der Waals surface area contributed by atoms with Gasteiger partial charge in [-0.05, 0) is 23.0 Å². The molecule has 4 amide bonds. The fourth-order valence-electron chi connectivity index (χ4n) is 3.98. The molecule has 2 heterocycles. The third-order valence-corrected chi connectivity index (χ3v) is 6.86. The Morgan fingerprint density at radius 1 is 1.06 bits per heavy atom. The number of carbonyl (C=O) groups is 3. The SMILES string of the molecule is O=C(CCCN1C(=O)C2SC=CC2N(Cc2ccc([N+](=O)[O-])cc2)C1=O)NCc1ccccc1. The zero-order valence-corrected chi connectivity index (χ0v) is 19.1. The lowest BCUT2D eigenvalue weighted by Crippen LogP contribution is -2.61. The molecule has 1 N–H and O–H groups in total. The molecule has 10 heteroatoms. The molecule has 2 aromatic rings. The van der Waals surface area contributed by atoms with E-state index < -0.39 is 16.2 Å². The molecule has 2 aromatic carbocycles. The van der Waals surface area contributed by atoms with Gasteiger partial charge in [-0.3, -0.25) is 24.6 Å². The van der Waals surface area contributed by atoms with Crippen molar-refractivity contribution >= 4 is 35.3 Å². The van der Waals surface area contributed by atoms with Crippen molar-refractivity contribution in [1.29, 1.82) is 0 Å². The maximum atomic E-state index is 13.2. The Labute approximate surface area is 200 Å². The van der Waals surface area contributed by atoms with Gasteiger partial charge in [0.05, 0.1) is 11.0 Å². The van der Waals surface area contributed by atoms with Gasteiger partial charge in [0.25, 0.3) is 5.69 Å². The van der Waals surface area contributed by atoms with E-state index in [9.17, 15) is 24.5 Å². The molecular weight excluding hydrogens is 456 g/mol. The molecule has 2 atom stereocenters. The summed E-state index contributed by atoms with van der Waals surface area (Å²) >= 11 is 1.37. The maximum Gasteiger partial charge on any atom is 0.327 e. The molecule has 2 aliphatic heterocycles. The first-order valence-electron chi connectivity index (χ1n) is 10.9. The first-order valence-corrected chi connectivity index (χ1v) is 11.9. The van der Waals surface area contributed by atoms with Gasteiger partial charge in [-0.25, -0.2) is 4.79 Å². The number of nitro benzene ring substituents is 1. The number of nitrogens with zero attached hydrogens (tertiary/aromatic N) is 3. The van der Waals surface area contributed by atoms with Crippen LogP contribution in [0.2, 0.25) is 0 Å². The Kier molecular flexibility index (Phi) is 7.27. The van der Waals surface area contributed by atoms with Gasteiger partial charge >= 0.3 is 6.03 Å². The highest BCUT2D eigenvalue weighted by atomic mass is 32.2. The highest BCUT2D eigenvalue weighted by molar-refractivity contribution is 8.03. The summed E-state index contributed by atoms with van der Waals surface area (Å²) in [6, 6.07) is 14.8. The highest BCUT2D eigenvalue weighted by Gasteiger charge is 2.46. The molecule has 4 rings (SSSR count). The zero-order valence-electron chi connectivity index (χ0n) is 18.3. The van der Waals surface area contributed by atoms with Gasteiger partial charge in [-0.2, -0.15) is 0 Å². The predicted octanol–water partition coefficient (Wildman–Crippen LogP) is 3.45. The standard InChI is InChI=1S/C24H24N4O5S/c29-21(25-15-17-5-2-1-3-6-17)7-4-13-26-23(30)22-20(12-14-34-22)27(24(26)31)16-18-8-10-19(11-9-18)28(32)33/h1-3,5-6,8-12,14,20,22H,4,7,13,15-16H2,(H,25,29). The fraction of sp³-hybridized carbons (Fsp3) is 0.292. The van der Waals surface area contributed by atoms with Crippen molar-refractivity contribution in [3.8, 4) is 0 Å². The Morgan fingerprint density at radius 3 is 2.50 bits per heavy atom. The zero-order chi connectivity index (χ0) is 24.1. The number of nitro groups is 1. The lowest BCUT2D eigenvalue weighted by molar-refractivity contribution is -0.384. The van der Waals surface area contributed by atoms with Crippen LogP contribution in [0.25, 0.3) is 0 Å². The smallest absolute Gasteiger partial charge is 0.327 e. The van der Waals surface area contributed by atoms with Gasteiger partial charge < -0.3 is 10.2 Å². The number of rotatable bonds is 9. The number of hydrogen-bond donors (Lipinski definition) is 1. The van der Waals surface area contributed by atoms with Crippen LogP contribution in [-0.2, 0) is 22.7 Å². The average Bonchev–Trinajstić information content (AvgIpc) is 3.34. The number of nitrogens with one attached hydrogen (secondary N) is 1. The molecule has 0 aromatic heterocycles. The Hall–Kier alpha value is -3.66. The van der Waals surface area contributed by atoms with Crippen LogP contribution in [0.5, 0.6) is 0 Å². The third kappa shape index (κ3) is 5.28. The van der Waals surface area contributed by atoms with E-state index in [1.54, 1.807) is 17.0 Å². The molecule has 0 spiro atoms. The first-order chi connectivity index (χ1) is 16.4. The minimum Gasteiger partial charge on any atom is -0.352 e. The summed E-state index contributed by atoms with van der Waals surface area (Å²) in [5.74, 6) is -0.395. The highest BCUT2D eigenvalue weighted by Crippen LogP contribution is 2.35. The van der Waals surface area contributed by atoms with E-state index in [4.69, 9.17) is 0 Å². The number of amides is 4. The van der Waals surface area contributed by atoms with Gasteiger partial charge in [-0.15, -0.1) is 11.8 Å². The van der Waals surface area contributed by atoms with Gasteiger partial charge in [0.2, 0.25) is 11.8 Å². The average molecular weight is 481 g/mol. The summed E-state index contributed by atoms with van der Waals surface area (Å²) in [6.07, 6.45) is 2.40. The minimum atomic E-state index is -0.474. The lowest BCUT2D eigenvalue weighted by Gasteiger charge is -2.41. The second kappa shape index (κ2) is 10.5. The number of fused-ring (bicyclic) bond motifs is 1. The molecule has 176 valence electrons. The van der Waals surface area contributed by atoms with Gasteiger partial charge in [0, 0.05) is 38.2 Å². The number of non-ortho nitro benzene ring substituents is 1. The molecule has 0 aliphatic carbocycles. The number of benzene rings is 2. The quantitative estimate of drug-likeness (QED) is 0.435. The van der Waals surface area contributed by atoms with Gasteiger partial charge in [-0.1, -0.05) is 48.5 Å². The van der Waals surface area contributed by atoms with Crippen LogP contribution in [0.15, 0.2) is 66.1 Å². The molecule has 1 saturated heterocycles. The molecule has 0 bridgehead atoms. The summed E-state index contributed by atoms with van der Waals surface area (Å²) < 4.78 is 0. The van der Waals surface area contributed by atoms with Crippen LogP contribution in [-0.4, -0.2) is 50.4 Å². The Morgan fingerprint density at radius 2 is 1.79 bits per heavy atom. The van der Waals surface area contributed by atoms with E-state index in [-0.39, 0.29) is 43.1 Å². The van der Waals surface area contributed by atoms with Crippen LogP contribution in [0.1, 0.15) is 24.0 Å². The van der Waals surface area contributed by atoms with Crippen LogP contribution < -0.4 is 5.32 Å². The molecular formula is C24H24N4O5S. The molecule has 2 unspecified atom stereocenters. The monoisotopic (exact) mass is 480 g/mol. The molecule has 0 radical (unpaired) electrons. The van der Waals surface area contributed by atoms with E-state index in [1.165, 1.54) is 28.8 Å². The van der Waals surface area contributed by atoms with Crippen LogP contribution in [0.3, 0.4) is 0 Å². The second-order valence-corrected chi connectivity index (χ2v) is 9.12. The van der Waals surface area contributed by atoms with E-state index in [0.29, 0.717) is 13.0 Å². The largest absolute Gasteiger partial charge is 0.352 e. The van der Waals surface area contributed by atoms with Crippen molar-refractivity contribution < 1.29 is 19.3 Å². The number of thioether (sulfide) groups is 1. The normalized spacial score (nSPS) is 19.3. The molecule has 2 aliphatic rings. The van der Waals surface area contributed by atoms with Crippen molar-refractivity contribution in [2.75, 3.05) is 6.54 Å². The Balaban J connectivity index is 1.36. The minimum absolute atomic E-state index is 0.0229. The van der Waals surface area contributed by atoms with Crippen LogP contribution in [0.4, 0.5) is 10.5 Å². The van der Waals surface area contributed by atoms with Crippen LogP contribution in [0, 0.1) is 10.1 Å². The van der Waals surface area contributed by atoms with E-state index in [0.717, 1.165) is 11.1 Å². The topological polar surface area (TPSA) is 113 Å². The molecule has 0 saturated carbocycles. The van der Waals surface area contributed by atoms with Crippen molar-refractivity contribution in [2.45, 2.75) is 37.2 Å². The summed E-state index contributed by atoms with van der Waals surface area (Å²) in [6.45, 7) is 0.803. The molecule has 9 nitrogen and oxygen atoms in total.